The number of pyridine rings is 1. The highest BCUT2D eigenvalue weighted by atomic mass is 35.5. The van der Waals surface area contributed by atoms with Crippen molar-refractivity contribution < 1.29 is 13.2 Å². The Labute approximate surface area is 121 Å². The van der Waals surface area contributed by atoms with Gasteiger partial charge in [-0.15, -0.1) is 0 Å². The Kier molecular flexibility index (Phi) is 5.03. The zero-order chi connectivity index (χ0) is 15.3. The molecule has 1 heterocycles. The number of halogens is 5. The van der Waals surface area contributed by atoms with Crippen molar-refractivity contribution in [3.05, 3.63) is 33.6 Å². The zero-order valence-corrected chi connectivity index (χ0v) is 10.9. The molecule has 10 heteroatoms. The van der Waals surface area contributed by atoms with Gasteiger partial charge in [-0.2, -0.15) is 23.7 Å². The summed E-state index contributed by atoms with van der Waals surface area (Å²) in [4.78, 5) is 3.43. The maximum atomic E-state index is 12.5. The Morgan fingerprint density at radius 3 is 2.40 bits per heavy atom. The van der Waals surface area contributed by atoms with Crippen molar-refractivity contribution >= 4 is 29.0 Å². The Bertz CT molecular complexity index is 611. The number of nitrogens with zero attached hydrogens (tertiary/aromatic N) is 3. The molecule has 104 valence electrons. The number of hydrogen-bond donors (Lipinski definition) is 2. The van der Waals surface area contributed by atoms with Crippen LogP contribution >= 0.6 is 23.2 Å². The van der Waals surface area contributed by atoms with Gasteiger partial charge in [0.15, 0.2) is 5.82 Å². The van der Waals surface area contributed by atoms with Gasteiger partial charge in [-0.05, 0) is 6.07 Å². The molecule has 1 rings (SSSR count). The van der Waals surface area contributed by atoms with E-state index in [-0.39, 0.29) is 16.4 Å². The highest BCUT2D eigenvalue weighted by Gasteiger charge is 2.34. The van der Waals surface area contributed by atoms with Gasteiger partial charge in [0.05, 0.1) is 10.6 Å². The van der Waals surface area contributed by atoms with Crippen molar-refractivity contribution in [1.29, 1.82) is 10.5 Å². The first-order chi connectivity index (χ1) is 9.29. The van der Waals surface area contributed by atoms with Crippen molar-refractivity contribution in [3.63, 3.8) is 0 Å². The zero-order valence-electron chi connectivity index (χ0n) is 9.39. The van der Waals surface area contributed by atoms with Crippen LogP contribution in [0.25, 0.3) is 0 Å². The molecular weight excluding hydrogens is 318 g/mol. The van der Waals surface area contributed by atoms with E-state index in [0.717, 1.165) is 6.20 Å². The van der Waals surface area contributed by atoms with Crippen LogP contribution in [-0.2, 0) is 6.18 Å². The van der Waals surface area contributed by atoms with Gasteiger partial charge in [0.1, 0.15) is 22.9 Å². The smallest absolute Gasteiger partial charge is 0.305 e. The number of alkyl halides is 3. The SMILES string of the molecule is N#CC(C#N)=CNNc1nc(Cl)c(C(F)(F)F)cc1Cl. The molecule has 0 saturated carbocycles. The second-order valence-corrected chi connectivity index (χ2v) is 3.97. The number of aromatic nitrogens is 1. The highest BCUT2D eigenvalue weighted by Crippen LogP contribution is 2.37. The topological polar surface area (TPSA) is 84.5 Å². The van der Waals surface area contributed by atoms with E-state index in [1.54, 1.807) is 12.1 Å². The van der Waals surface area contributed by atoms with Gasteiger partial charge in [0.2, 0.25) is 0 Å². The van der Waals surface area contributed by atoms with Crippen molar-refractivity contribution in [1.82, 2.24) is 10.4 Å². The Morgan fingerprint density at radius 1 is 1.30 bits per heavy atom. The van der Waals surface area contributed by atoms with Crippen LogP contribution < -0.4 is 10.9 Å². The summed E-state index contributed by atoms with van der Waals surface area (Å²) in [6.45, 7) is 0. The Morgan fingerprint density at radius 2 is 1.90 bits per heavy atom. The normalized spacial score (nSPS) is 10.2. The minimum absolute atomic E-state index is 0.184. The third-order valence-corrected chi connectivity index (χ3v) is 2.46. The summed E-state index contributed by atoms with van der Waals surface area (Å²) >= 11 is 11.0. The molecule has 0 saturated heterocycles. The van der Waals surface area contributed by atoms with Crippen LogP contribution in [-0.4, -0.2) is 4.98 Å². The largest absolute Gasteiger partial charge is 0.419 e. The predicted molar refractivity (Wildman–Crippen MR) is 65.3 cm³/mol. The number of anilines is 1. The number of allylic oxidation sites excluding steroid dienone is 1. The number of hydrogen-bond acceptors (Lipinski definition) is 5. The molecule has 1 aromatic rings. The van der Waals surface area contributed by atoms with Gasteiger partial charge < -0.3 is 5.43 Å². The molecule has 0 atom stereocenters. The first-order valence-electron chi connectivity index (χ1n) is 4.74. The second kappa shape index (κ2) is 6.33. The van der Waals surface area contributed by atoms with E-state index in [2.05, 4.69) is 15.8 Å². The van der Waals surface area contributed by atoms with E-state index < -0.39 is 16.9 Å². The van der Waals surface area contributed by atoms with Crippen molar-refractivity contribution in [2.24, 2.45) is 0 Å². The van der Waals surface area contributed by atoms with E-state index >= 15 is 0 Å². The third-order valence-electron chi connectivity index (χ3n) is 1.88. The molecule has 0 aliphatic heterocycles. The summed E-state index contributed by atoms with van der Waals surface area (Å²) in [6.07, 6.45) is -3.68. The molecule has 20 heavy (non-hydrogen) atoms. The third kappa shape index (κ3) is 3.92. The first-order valence-corrected chi connectivity index (χ1v) is 5.50. The average Bonchev–Trinajstić information content (AvgIpc) is 2.36. The van der Waals surface area contributed by atoms with Crippen LogP contribution in [0.3, 0.4) is 0 Å². The molecule has 0 amide bonds. The van der Waals surface area contributed by atoms with E-state index in [4.69, 9.17) is 33.7 Å². The molecule has 0 fully saturated rings. The maximum absolute atomic E-state index is 12.5. The Hall–Kier alpha value is -2.16. The molecule has 0 bridgehead atoms. The van der Waals surface area contributed by atoms with E-state index in [1.165, 1.54) is 0 Å². The first kappa shape index (κ1) is 15.9. The lowest BCUT2D eigenvalue weighted by molar-refractivity contribution is -0.137. The molecule has 1 aromatic heterocycles. The number of rotatable bonds is 3. The average molecular weight is 322 g/mol. The van der Waals surface area contributed by atoms with E-state index in [9.17, 15) is 13.2 Å². The molecule has 2 N–H and O–H groups in total. The summed E-state index contributed by atoms with van der Waals surface area (Å²) in [5.74, 6) is -0.184. The maximum Gasteiger partial charge on any atom is 0.419 e. The molecule has 5 nitrogen and oxygen atoms in total. The van der Waals surface area contributed by atoms with E-state index in [0.29, 0.717) is 6.07 Å². The molecule has 0 spiro atoms. The van der Waals surface area contributed by atoms with Gasteiger partial charge in [0, 0.05) is 6.20 Å². The monoisotopic (exact) mass is 321 g/mol. The number of hydrazine groups is 1. The van der Waals surface area contributed by atoms with Gasteiger partial charge in [-0.25, -0.2) is 4.98 Å². The molecule has 0 unspecified atom stereocenters. The predicted octanol–water partition coefficient (Wildman–Crippen LogP) is 3.25. The van der Waals surface area contributed by atoms with E-state index in [1.807, 2.05) is 0 Å². The number of nitrogens with one attached hydrogen (secondary N) is 2. The lowest BCUT2D eigenvalue weighted by Gasteiger charge is -2.12. The van der Waals surface area contributed by atoms with Crippen LogP contribution in [0, 0.1) is 22.7 Å². The second-order valence-electron chi connectivity index (χ2n) is 3.21. The molecule has 0 aliphatic rings. The fourth-order valence-corrected chi connectivity index (χ4v) is 1.46. The van der Waals surface area contributed by atoms with Crippen LogP contribution in [0.15, 0.2) is 17.8 Å². The summed E-state index contributed by atoms with van der Waals surface area (Å²) < 4.78 is 37.5. The fourth-order valence-electron chi connectivity index (χ4n) is 1.02. The Balaban J connectivity index is 2.96. The summed E-state index contributed by atoms with van der Waals surface area (Å²) in [5.41, 5.74) is 3.17. The van der Waals surface area contributed by atoms with Crippen LogP contribution in [0.5, 0.6) is 0 Å². The molecule has 0 radical (unpaired) electrons. The number of nitriles is 2. The van der Waals surface area contributed by atoms with Gasteiger partial charge in [-0.3, -0.25) is 5.43 Å². The van der Waals surface area contributed by atoms with Gasteiger partial charge >= 0.3 is 6.18 Å². The standard InChI is InChI=1S/C10H4Cl2F3N5/c11-7-1-6(10(13,14)15)8(12)19-9(7)20-18-4-5(2-16)3-17/h1,4,18H,(H,19,20). The summed E-state index contributed by atoms with van der Waals surface area (Å²) in [7, 11) is 0. The van der Waals surface area contributed by atoms with Gasteiger partial charge in [-0.1, -0.05) is 23.2 Å². The van der Waals surface area contributed by atoms with Crippen molar-refractivity contribution in [2.45, 2.75) is 6.18 Å². The van der Waals surface area contributed by atoms with Crippen LogP contribution in [0.4, 0.5) is 19.0 Å². The molecule has 0 aromatic carbocycles. The minimum atomic E-state index is -4.67. The fraction of sp³-hybridized carbons (Fsp3) is 0.100. The molecule has 0 aliphatic carbocycles. The van der Waals surface area contributed by atoms with Crippen LogP contribution in [0.1, 0.15) is 5.56 Å². The summed E-state index contributed by atoms with van der Waals surface area (Å²) in [6, 6.07) is 3.74. The highest BCUT2D eigenvalue weighted by molar-refractivity contribution is 6.34. The minimum Gasteiger partial charge on any atom is -0.305 e. The summed E-state index contributed by atoms with van der Waals surface area (Å²) in [5, 5.41) is 15.8. The quantitative estimate of drug-likeness (QED) is 0.507. The van der Waals surface area contributed by atoms with Crippen molar-refractivity contribution in [3.8, 4) is 12.1 Å². The van der Waals surface area contributed by atoms with Crippen molar-refractivity contribution in [2.75, 3.05) is 5.43 Å². The van der Waals surface area contributed by atoms with Crippen LogP contribution in [0.2, 0.25) is 10.2 Å². The molecular formula is C10H4Cl2F3N5. The lowest BCUT2D eigenvalue weighted by Crippen LogP contribution is -2.17. The lowest BCUT2D eigenvalue weighted by atomic mass is 10.3. The van der Waals surface area contributed by atoms with Gasteiger partial charge in [0.25, 0.3) is 0 Å².